The molecule has 0 aliphatic heterocycles. The van der Waals surface area contributed by atoms with E-state index in [1.54, 1.807) is 0 Å². The Hall–Kier alpha value is -1.81. The SMILES string of the molecule is CCC(C)(C)NC(=O)Cn1cc(CCN)c2ccccc21. The lowest BCUT2D eigenvalue weighted by molar-refractivity contribution is -0.123. The molecule has 1 aromatic carbocycles. The lowest BCUT2D eigenvalue weighted by Gasteiger charge is -2.24. The molecule has 0 aliphatic carbocycles. The molecule has 0 saturated carbocycles. The van der Waals surface area contributed by atoms with Crippen LogP contribution in [0.3, 0.4) is 0 Å². The Balaban J connectivity index is 2.24. The van der Waals surface area contributed by atoms with E-state index in [1.165, 1.54) is 10.9 Å². The minimum atomic E-state index is -0.167. The number of para-hydroxylation sites is 1. The molecule has 0 unspecified atom stereocenters. The molecule has 0 saturated heterocycles. The maximum absolute atomic E-state index is 12.2. The number of fused-ring (bicyclic) bond motifs is 1. The highest BCUT2D eigenvalue weighted by molar-refractivity contribution is 5.86. The highest BCUT2D eigenvalue weighted by Crippen LogP contribution is 2.21. The van der Waals surface area contributed by atoms with Crippen molar-refractivity contribution in [2.45, 2.75) is 45.7 Å². The van der Waals surface area contributed by atoms with Gasteiger partial charge in [-0.2, -0.15) is 0 Å². The Kier molecular flexibility index (Phi) is 4.68. The van der Waals surface area contributed by atoms with Gasteiger partial charge in [0.25, 0.3) is 0 Å². The molecule has 114 valence electrons. The number of rotatable bonds is 6. The number of amides is 1. The van der Waals surface area contributed by atoms with Crippen LogP contribution < -0.4 is 11.1 Å². The van der Waals surface area contributed by atoms with Gasteiger partial charge in [0.15, 0.2) is 0 Å². The molecule has 1 amide bonds. The van der Waals surface area contributed by atoms with Crippen molar-refractivity contribution in [2.24, 2.45) is 5.73 Å². The van der Waals surface area contributed by atoms with Gasteiger partial charge in [-0.15, -0.1) is 0 Å². The van der Waals surface area contributed by atoms with E-state index in [4.69, 9.17) is 5.73 Å². The van der Waals surface area contributed by atoms with E-state index >= 15 is 0 Å². The number of nitrogens with one attached hydrogen (secondary N) is 1. The van der Waals surface area contributed by atoms with Crippen molar-refractivity contribution in [3.8, 4) is 0 Å². The smallest absolute Gasteiger partial charge is 0.240 e. The molecule has 3 N–H and O–H groups in total. The molecular formula is C17H25N3O. The molecule has 21 heavy (non-hydrogen) atoms. The lowest BCUT2D eigenvalue weighted by Crippen LogP contribution is -2.44. The quantitative estimate of drug-likeness (QED) is 0.857. The van der Waals surface area contributed by atoms with Crippen LogP contribution in [-0.2, 0) is 17.8 Å². The fourth-order valence-corrected chi connectivity index (χ4v) is 2.47. The van der Waals surface area contributed by atoms with Gasteiger partial charge in [-0.3, -0.25) is 4.79 Å². The van der Waals surface area contributed by atoms with Crippen LogP contribution >= 0.6 is 0 Å². The van der Waals surface area contributed by atoms with Gasteiger partial charge in [0.05, 0.1) is 0 Å². The van der Waals surface area contributed by atoms with Crippen molar-refractivity contribution in [1.29, 1.82) is 0 Å². The predicted octanol–water partition coefficient (Wildman–Crippen LogP) is 2.45. The molecule has 2 aromatic rings. The van der Waals surface area contributed by atoms with E-state index in [1.807, 2.05) is 36.6 Å². The second-order valence-corrected chi connectivity index (χ2v) is 6.12. The number of hydrogen-bond donors (Lipinski definition) is 2. The summed E-state index contributed by atoms with van der Waals surface area (Å²) in [6.45, 7) is 7.11. The molecule has 1 aromatic heterocycles. The zero-order chi connectivity index (χ0) is 15.5. The molecule has 0 aliphatic rings. The van der Waals surface area contributed by atoms with Crippen molar-refractivity contribution >= 4 is 16.8 Å². The summed E-state index contributed by atoms with van der Waals surface area (Å²) in [5, 5.41) is 4.26. The minimum Gasteiger partial charge on any atom is -0.350 e. The standard InChI is InChI=1S/C17H25N3O/c1-4-17(2,3)19-16(21)12-20-11-13(9-10-18)14-7-5-6-8-15(14)20/h5-8,11H,4,9-10,12,18H2,1-3H3,(H,19,21). The van der Waals surface area contributed by atoms with E-state index in [-0.39, 0.29) is 11.4 Å². The fraction of sp³-hybridized carbons (Fsp3) is 0.471. The first-order valence-electron chi connectivity index (χ1n) is 7.54. The van der Waals surface area contributed by atoms with E-state index < -0.39 is 0 Å². The second-order valence-electron chi connectivity index (χ2n) is 6.12. The Morgan fingerprint density at radius 2 is 2.05 bits per heavy atom. The van der Waals surface area contributed by atoms with Crippen molar-refractivity contribution < 1.29 is 4.79 Å². The van der Waals surface area contributed by atoms with Gasteiger partial charge < -0.3 is 15.6 Å². The molecule has 1 heterocycles. The maximum Gasteiger partial charge on any atom is 0.240 e. The molecule has 0 atom stereocenters. The summed E-state index contributed by atoms with van der Waals surface area (Å²) in [5.41, 5.74) is 7.80. The molecule has 0 radical (unpaired) electrons. The first-order valence-corrected chi connectivity index (χ1v) is 7.54. The van der Waals surface area contributed by atoms with Crippen LogP contribution in [0.15, 0.2) is 30.5 Å². The third kappa shape index (κ3) is 3.64. The monoisotopic (exact) mass is 287 g/mol. The van der Waals surface area contributed by atoms with Crippen molar-refractivity contribution in [3.63, 3.8) is 0 Å². The number of carbonyl (C=O) groups is 1. The number of aromatic nitrogens is 1. The van der Waals surface area contributed by atoms with Crippen LogP contribution in [0.25, 0.3) is 10.9 Å². The maximum atomic E-state index is 12.2. The van der Waals surface area contributed by atoms with Gasteiger partial charge in [-0.25, -0.2) is 0 Å². The van der Waals surface area contributed by atoms with E-state index in [9.17, 15) is 4.79 Å². The van der Waals surface area contributed by atoms with E-state index in [0.717, 1.165) is 18.4 Å². The molecule has 2 rings (SSSR count). The number of benzene rings is 1. The molecule has 0 bridgehead atoms. The Morgan fingerprint density at radius 3 is 2.71 bits per heavy atom. The van der Waals surface area contributed by atoms with E-state index in [0.29, 0.717) is 13.1 Å². The Bertz CT molecular complexity index is 628. The average molecular weight is 287 g/mol. The highest BCUT2D eigenvalue weighted by Gasteiger charge is 2.18. The van der Waals surface area contributed by atoms with Gasteiger partial charge in [0, 0.05) is 22.6 Å². The van der Waals surface area contributed by atoms with E-state index in [2.05, 4.69) is 24.5 Å². The van der Waals surface area contributed by atoms with Crippen molar-refractivity contribution in [3.05, 3.63) is 36.0 Å². The largest absolute Gasteiger partial charge is 0.350 e. The van der Waals surface area contributed by atoms with Gasteiger partial charge in [-0.1, -0.05) is 25.1 Å². The topological polar surface area (TPSA) is 60.0 Å². The number of nitrogens with zero attached hydrogens (tertiary/aromatic N) is 1. The molecule has 0 spiro atoms. The zero-order valence-electron chi connectivity index (χ0n) is 13.1. The molecular weight excluding hydrogens is 262 g/mol. The minimum absolute atomic E-state index is 0.0434. The lowest BCUT2D eigenvalue weighted by atomic mass is 10.0. The van der Waals surface area contributed by atoms with Crippen LogP contribution in [0.5, 0.6) is 0 Å². The van der Waals surface area contributed by atoms with Gasteiger partial charge >= 0.3 is 0 Å². The second kappa shape index (κ2) is 6.31. The molecule has 4 heteroatoms. The normalized spacial score (nSPS) is 11.8. The van der Waals surface area contributed by atoms with Crippen molar-refractivity contribution in [2.75, 3.05) is 6.54 Å². The fourth-order valence-electron chi connectivity index (χ4n) is 2.47. The number of nitrogens with two attached hydrogens (primary N) is 1. The van der Waals surface area contributed by atoms with Crippen LogP contribution in [0.4, 0.5) is 0 Å². The third-order valence-corrected chi connectivity index (χ3v) is 3.96. The Morgan fingerprint density at radius 1 is 1.33 bits per heavy atom. The molecule has 4 nitrogen and oxygen atoms in total. The first kappa shape index (κ1) is 15.6. The van der Waals surface area contributed by atoms with Crippen LogP contribution in [-0.4, -0.2) is 22.6 Å². The van der Waals surface area contributed by atoms with Gasteiger partial charge in [-0.05, 0) is 44.9 Å². The number of carbonyl (C=O) groups excluding carboxylic acids is 1. The first-order chi connectivity index (χ1) is 9.96. The predicted molar refractivity (Wildman–Crippen MR) is 87.2 cm³/mol. The average Bonchev–Trinajstić information content (AvgIpc) is 2.77. The summed E-state index contributed by atoms with van der Waals surface area (Å²) >= 11 is 0. The van der Waals surface area contributed by atoms with Gasteiger partial charge in [0.2, 0.25) is 5.91 Å². The molecule has 0 fully saturated rings. The summed E-state index contributed by atoms with van der Waals surface area (Å²) in [6.07, 6.45) is 3.79. The van der Waals surface area contributed by atoms with Crippen LogP contribution in [0, 0.1) is 0 Å². The summed E-state index contributed by atoms with van der Waals surface area (Å²) in [4.78, 5) is 12.2. The third-order valence-electron chi connectivity index (χ3n) is 3.96. The zero-order valence-corrected chi connectivity index (χ0v) is 13.1. The van der Waals surface area contributed by atoms with Crippen LogP contribution in [0.2, 0.25) is 0 Å². The summed E-state index contributed by atoms with van der Waals surface area (Å²) in [5.74, 6) is 0.0434. The number of hydrogen-bond acceptors (Lipinski definition) is 2. The van der Waals surface area contributed by atoms with Crippen molar-refractivity contribution in [1.82, 2.24) is 9.88 Å². The summed E-state index contributed by atoms with van der Waals surface area (Å²) in [7, 11) is 0. The summed E-state index contributed by atoms with van der Waals surface area (Å²) in [6, 6.07) is 8.16. The highest BCUT2D eigenvalue weighted by atomic mass is 16.2. The van der Waals surface area contributed by atoms with Gasteiger partial charge in [0.1, 0.15) is 6.54 Å². The Labute approximate surface area is 126 Å². The summed E-state index contributed by atoms with van der Waals surface area (Å²) < 4.78 is 2.02. The van der Waals surface area contributed by atoms with Crippen LogP contribution in [0.1, 0.15) is 32.8 Å².